The monoisotopic (exact) mass is 412 g/mol. The number of hydrogen-bond acceptors (Lipinski definition) is 4. The van der Waals surface area contributed by atoms with Gasteiger partial charge >= 0.3 is 0 Å². The van der Waals surface area contributed by atoms with Crippen molar-refractivity contribution in [1.82, 2.24) is 10.6 Å². The third kappa shape index (κ3) is 6.69. The zero-order valence-electron chi connectivity index (χ0n) is 18.2. The lowest BCUT2D eigenvalue weighted by molar-refractivity contribution is 0.100. The smallest absolute Gasteiger partial charge is 0.248 e. The van der Waals surface area contributed by atoms with Crippen LogP contribution in [-0.2, 0) is 6.54 Å². The molecular formula is C23H32N4O3. The van der Waals surface area contributed by atoms with Gasteiger partial charge in [-0.15, -0.1) is 0 Å². The van der Waals surface area contributed by atoms with E-state index >= 15 is 0 Å². The first-order valence-electron chi connectivity index (χ1n) is 10.3. The number of amides is 1. The van der Waals surface area contributed by atoms with Crippen molar-refractivity contribution in [2.75, 3.05) is 19.8 Å². The van der Waals surface area contributed by atoms with Crippen molar-refractivity contribution < 1.29 is 14.3 Å². The van der Waals surface area contributed by atoms with Gasteiger partial charge in [-0.2, -0.15) is 0 Å². The van der Waals surface area contributed by atoms with E-state index < -0.39 is 5.91 Å². The summed E-state index contributed by atoms with van der Waals surface area (Å²) in [6.45, 7) is 10.4. The number of nitrogens with two attached hydrogens (primary N) is 1. The lowest BCUT2D eigenvalue weighted by Gasteiger charge is -2.20. The molecule has 0 radical (unpaired) electrons. The Hall–Kier alpha value is -3.22. The molecular weight excluding hydrogens is 380 g/mol. The Labute approximate surface area is 178 Å². The Morgan fingerprint density at radius 2 is 1.70 bits per heavy atom. The number of ether oxygens (including phenoxy) is 2. The van der Waals surface area contributed by atoms with E-state index in [4.69, 9.17) is 15.2 Å². The third-order valence-corrected chi connectivity index (χ3v) is 4.42. The average Bonchev–Trinajstić information content (AvgIpc) is 2.74. The van der Waals surface area contributed by atoms with Crippen LogP contribution in [0.5, 0.6) is 11.5 Å². The molecule has 162 valence electrons. The minimum Gasteiger partial charge on any atom is -0.490 e. The summed E-state index contributed by atoms with van der Waals surface area (Å²) >= 11 is 0. The van der Waals surface area contributed by atoms with Crippen molar-refractivity contribution in [2.24, 2.45) is 10.7 Å². The molecule has 0 aromatic heterocycles. The first kappa shape index (κ1) is 23.1. The number of guanidine groups is 1. The summed E-state index contributed by atoms with van der Waals surface area (Å²) in [7, 11) is 0. The number of nitrogens with one attached hydrogen (secondary N) is 2. The SMILES string of the molecule is CCNC(=NCc1ccc(C(N)=O)cc1)NC(C)c1ccc(OCC)c(OCC)c1. The average molecular weight is 413 g/mol. The standard InChI is InChI=1S/C23H32N4O3/c1-5-25-23(26-15-17-8-10-18(11-9-17)22(24)28)27-16(4)19-12-13-20(29-6-2)21(14-19)30-7-3/h8-14,16H,5-7,15H2,1-4H3,(H2,24,28)(H2,25,26,27). The number of aliphatic imine (C=N–C) groups is 1. The molecule has 0 fully saturated rings. The second-order valence-corrected chi connectivity index (χ2v) is 6.69. The molecule has 1 amide bonds. The summed E-state index contributed by atoms with van der Waals surface area (Å²) in [6.07, 6.45) is 0. The van der Waals surface area contributed by atoms with E-state index in [1.165, 1.54) is 0 Å². The molecule has 4 N–H and O–H groups in total. The van der Waals surface area contributed by atoms with Gasteiger partial charge in [-0.25, -0.2) is 4.99 Å². The van der Waals surface area contributed by atoms with Gasteiger partial charge in [0.25, 0.3) is 0 Å². The zero-order valence-corrected chi connectivity index (χ0v) is 18.2. The second-order valence-electron chi connectivity index (χ2n) is 6.69. The molecule has 0 aliphatic rings. The Bertz CT molecular complexity index is 850. The minimum absolute atomic E-state index is 0.00919. The second kappa shape index (κ2) is 11.7. The van der Waals surface area contributed by atoms with Gasteiger partial charge in [0.05, 0.1) is 25.8 Å². The quantitative estimate of drug-likeness (QED) is 0.410. The van der Waals surface area contributed by atoms with Crippen LogP contribution in [0.1, 0.15) is 55.2 Å². The highest BCUT2D eigenvalue weighted by Gasteiger charge is 2.12. The third-order valence-electron chi connectivity index (χ3n) is 4.42. The van der Waals surface area contributed by atoms with Crippen LogP contribution in [0, 0.1) is 0 Å². The number of carbonyl (C=O) groups is 1. The van der Waals surface area contributed by atoms with E-state index in [1.807, 2.05) is 51.1 Å². The fourth-order valence-electron chi connectivity index (χ4n) is 2.89. The molecule has 0 spiro atoms. The molecule has 0 saturated carbocycles. The Morgan fingerprint density at radius 3 is 2.30 bits per heavy atom. The van der Waals surface area contributed by atoms with Gasteiger partial charge in [-0.3, -0.25) is 4.79 Å². The summed E-state index contributed by atoms with van der Waals surface area (Å²) in [4.78, 5) is 15.9. The van der Waals surface area contributed by atoms with E-state index in [0.717, 1.165) is 29.2 Å². The van der Waals surface area contributed by atoms with Crippen LogP contribution in [0.25, 0.3) is 0 Å². The summed E-state index contributed by atoms with van der Waals surface area (Å²) in [5, 5.41) is 6.69. The van der Waals surface area contributed by atoms with Crippen molar-refractivity contribution in [3.8, 4) is 11.5 Å². The van der Waals surface area contributed by atoms with Crippen molar-refractivity contribution in [3.63, 3.8) is 0 Å². The number of rotatable bonds is 10. The minimum atomic E-state index is -0.435. The molecule has 1 unspecified atom stereocenters. The first-order chi connectivity index (χ1) is 14.5. The fourth-order valence-corrected chi connectivity index (χ4v) is 2.89. The van der Waals surface area contributed by atoms with Gasteiger partial charge in [0.1, 0.15) is 0 Å². The maximum absolute atomic E-state index is 11.2. The maximum atomic E-state index is 11.2. The van der Waals surface area contributed by atoms with Crippen LogP contribution in [0.15, 0.2) is 47.5 Å². The Morgan fingerprint density at radius 1 is 1.03 bits per heavy atom. The van der Waals surface area contributed by atoms with Crippen LogP contribution >= 0.6 is 0 Å². The summed E-state index contributed by atoms with van der Waals surface area (Å²) in [6, 6.07) is 13.1. The maximum Gasteiger partial charge on any atom is 0.248 e. The van der Waals surface area contributed by atoms with E-state index in [1.54, 1.807) is 12.1 Å². The highest BCUT2D eigenvalue weighted by Crippen LogP contribution is 2.30. The molecule has 0 saturated heterocycles. The molecule has 2 aromatic rings. The molecule has 1 atom stereocenters. The largest absolute Gasteiger partial charge is 0.490 e. The van der Waals surface area contributed by atoms with Gasteiger partial charge < -0.3 is 25.8 Å². The predicted molar refractivity (Wildman–Crippen MR) is 120 cm³/mol. The van der Waals surface area contributed by atoms with Crippen molar-refractivity contribution in [3.05, 3.63) is 59.2 Å². The molecule has 7 heteroatoms. The van der Waals surface area contributed by atoms with Gasteiger partial charge in [0, 0.05) is 12.1 Å². The predicted octanol–water partition coefficient (Wildman–Crippen LogP) is 3.40. The van der Waals surface area contributed by atoms with Crippen LogP contribution in [0.4, 0.5) is 0 Å². The molecule has 7 nitrogen and oxygen atoms in total. The number of hydrogen-bond donors (Lipinski definition) is 3. The summed E-state index contributed by atoms with van der Waals surface area (Å²) in [5.74, 6) is 1.75. The fraction of sp³-hybridized carbons (Fsp3) is 0.391. The molecule has 0 aliphatic carbocycles. The number of primary amides is 1. The summed E-state index contributed by atoms with van der Waals surface area (Å²) < 4.78 is 11.4. The highest BCUT2D eigenvalue weighted by atomic mass is 16.5. The highest BCUT2D eigenvalue weighted by molar-refractivity contribution is 5.92. The topological polar surface area (TPSA) is 98.0 Å². The van der Waals surface area contributed by atoms with Gasteiger partial charge in [-0.05, 0) is 63.1 Å². The molecule has 30 heavy (non-hydrogen) atoms. The van der Waals surface area contributed by atoms with Gasteiger partial charge in [0.15, 0.2) is 17.5 Å². The van der Waals surface area contributed by atoms with E-state index in [-0.39, 0.29) is 6.04 Å². The van der Waals surface area contributed by atoms with E-state index in [9.17, 15) is 4.79 Å². The number of benzene rings is 2. The lowest BCUT2D eigenvalue weighted by Crippen LogP contribution is -2.38. The summed E-state index contributed by atoms with van der Waals surface area (Å²) in [5.41, 5.74) is 7.83. The lowest BCUT2D eigenvalue weighted by atomic mass is 10.1. The van der Waals surface area contributed by atoms with Crippen molar-refractivity contribution in [2.45, 2.75) is 40.3 Å². The van der Waals surface area contributed by atoms with Crippen molar-refractivity contribution in [1.29, 1.82) is 0 Å². The van der Waals surface area contributed by atoms with Crippen molar-refractivity contribution >= 4 is 11.9 Å². The van der Waals surface area contributed by atoms with E-state index in [0.29, 0.717) is 31.3 Å². The number of carbonyl (C=O) groups excluding carboxylic acids is 1. The van der Waals surface area contributed by atoms with Crippen LogP contribution < -0.4 is 25.8 Å². The Kier molecular flexibility index (Phi) is 9.00. The van der Waals surface area contributed by atoms with E-state index in [2.05, 4.69) is 22.5 Å². The van der Waals surface area contributed by atoms with Crippen LogP contribution in [0.3, 0.4) is 0 Å². The first-order valence-corrected chi connectivity index (χ1v) is 10.3. The molecule has 0 bridgehead atoms. The Balaban J connectivity index is 2.12. The molecule has 2 rings (SSSR count). The molecule has 2 aromatic carbocycles. The van der Waals surface area contributed by atoms with Gasteiger partial charge in [0.2, 0.25) is 5.91 Å². The normalized spacial score (nSPS) is 12.2. The molecule has 0 heterocycles. The zero-order chi connectivity index (χ0) is 21.9. The van der Waals surface area contributed by atoms with Gasteiger partial charge in [-0.1, -0.05) is 18.2 Å². The van der Waals surface area contributed by atoms with Crippen LogP contribution in [-0.4, -0.2) is 31.6 Å². The molecule has 0 aliphatic heterocycles. The number of nitrogens with zero attached hydrogens (tertiary/aromatic N) is 1. The van der Waals surface area contributed by atoms with Crippen LogP contribution in [0.2, 0.25) is 0 Å².